The average molecular weight is 345 g/mol. The molecule has 2 rings (SSSR count). The van der Waals surface area contributed by atoms with E-state index in [1.165, 1.54) is 0 Å². The third kappa shape index (κ3) is 4.73. The molecule has 2 aromatic rings. The normalized spacial score (nSPS) is 11.2. The Morgan fingerprint density at radius 3 is 2.17 bits per heavy atom. The van der Waals surface area contributed by atoms with Crippen molar-refractivity contribution in [2.24, 2.45) is 0 Å². The summed E-state index contributed by atoms with van der Waals surface area (Å²) in [6.45, 7) is 2.84. The van der Waals surface area contributed by atoms with Crippen LogP contribution in [0, 0.1) is 0 Å². The van der Waals surface area contributed by atoms with E-state index < -0.39 is 0 Å². The van der Waals surface area contributed by atoms with Gasteiger partial charge in [0.25, 0.3) is 0 Å². The second kappa shape index (κ2) is 9.31. The molecular formula is C19H22O4P-. The topological polar surface area (TPSA) is 50.8 Å². The maximum Gasteiger partial charge on any atom is 0.129 e. The molecule has 0 fully saturated rings. The van der Waals surface area contributed by atoms with Crippen LogP contribution in [0.3, 0.4) is 0 Å². The molecule has 128 valence electrons. The van der Waals surface area contributed by atoms with Crippen LogP contribution in [0.5, 0.6) is 17.2 Å². The third-order valence-electron chi connectivity index (χ3n) is 3.48. The highest BCUT2D eigenvalue weighted by Crippen LogP contribution is 2.29. The van der Waals surface area contributed by atoms with Gasteiger partial charge >= 0.3 is 0 Å². The lowest BCUT2D eigenvalue weighted by Gasteiger charge is -2.19. The van der Waals surface area contributed by atoms with E-state index in [2.05, 4.69) is 6.92 Å². The van der Waals surface area contributed by atoms with Crippen LogP contribution >= 0.6 is 8.20 Å². The molecule has 2 aromatic carbocycles. The quantitative estimate of drug-likeness (QED) is 0.545. The Bertz CT molecular complexity index is 658. The molecule has 0 aromatic heterocycles. The molecule has 0 aliphatic rings. The highest BCUT2D eigenvalue weighted by atomic mass is 31.1. The fourth-order valence-corrected chi connectivity index (χ4v) is 3.05. The van der Waals surface area contributed by atoms with E-state index in [0.717, 1.165) is 23.9 Å². The molecule has 0 unspecified atom stereocenters. The van der Waals surface area contributed by atoms with E-state index >= 15 is 0 Å². The molecule has 0 N–H and O–H groups in total. The minimum Gasteiger partial charge on any atom is -0.823 e. The number of hydrogen-bond donors (Lipinski definition) is 0. The Labute approximate surface area is 144 Å². The zero-order valence-electron chi connectivity index (χ0n) is 14.2. The summed E-state index contributed by atoms with van der Waals surface area (Å²) in [6.07, 6.45) is 2.14. The second-order valence-electron chi connectivity index (χ2n) is 5.15. The van der Waals surface area contributed by atoms with Crippen LogP contribution in [0.2, 0.25) is 0 Å². The molecule has 0 atom stereocenters. The van der Waals surface area contributed by atoms with E-state index in [9.17, 15) is 5.11 Å². The monoisotopic (exact) mass is 345 g/mol. The van der Waals surface area contributed by atoms with E-state index in [4.69, 9.17) is 14.2 Å². The molecular weight excluding hydrogens is 323 g/mol. The maximum absolute atomic E-state index is 12.7. The summed E-state index contributed by atoms with van der Waals surface area (Å²) >= 11 is 0. The van der Waals surface area contributed by atoms with Gasteiger partial charge in [-0.05, 0) is 42.8 Å². The van der Waals surface area contributed by atoms with Crippen LogP contribution in [-0.4, -0.2) is 26.3 Å². The zero-order valence-corrected chi connectivity index (χ0v) is 15.1. The summed E-state index contributed by atoms with van der Waals surface area (Å²) in [7, 11) is 3.66. The van der Waals surface area contributed by atoms with Crippen LogP contribution in [0.4, 0.5) is 0 Å². The number of methoxy groups -OCH3 is 2. The molecule has 0 radical (unpaired) electrons. The van der Waals surface area contributed by atoms with Gasteiger partial charge in [-0.15, -0.1) is 0 Å². The molecule has 0 amide bonds. The van der Waals surface area contributed by atoms with Crippen LogP contribution in [-0.2, 0) is 0 Å². The first-order chi connectivity index (χ1) is 11.7. The van der Waals surface area contributed by atoms with Crippen molar-refractivity contribution >= 4 is 19.0 Å². The first kappa shape index (κ1) is 18.3. The Morgan fingerprint density at radius 2 is 1.62 bits per heavy atom. The largest absolute Gasteiger partial charge is 0.823 e. The number of ether oxygens (including phenoxy) is 3. The number of unbranched alkanes of at least 4 members (excludes halogenated alkanes) is 1. The third-order valence-corrected chi connectivity index (χ3v) is 4.46. The van der Waals surface area contributed by atoms with Gasteiger partial charge in [-0.2, -0.15) is 0 Å². The highest BCUT2D eigenvalue weighted by molar-refractivity contribution is 7.49. The molecule has 0 aliphatic heterocycles. The first-order valence-corrected chi connectivity index (χ1v) is 8.79. The Kier molecular flexibility index (Phi) is 7.10. The fraction of sp³-hybridized carbons (Fsp3) is 0.316. The second-order valence-corrected chi connectivity index (χ2v) is 6.30. The minimum atomic E-state index is -0.0658. The summed E-state index contributed by atoms with van der Waals surface area (Å²) in [5.41, 5.74) is 0.399. The van der Waals surface area contributed by atoms with Crippen molar-refractivity contribution in [2.45, 2.75) is 19.8 Å². The molecule has 0 heterocycles. The summed E-state index contributed by atoms with van der Waals surface area (Å²) in [6, 6.07) is 12.9. The first-order valence-electron chi connectivity index (χ1n) is 7.89. The van der Waals surface area contributed by atoms with Crippen molar-refractivity contribution in [2.75, 3.05) is 20.8 Å². The maximum atomic E-state index is 12.7. The van der Waals surface area contributed by atoms with E-state index in [-0.39, 0.29) is 5.48 Å². The SMILES string of the molecule is CCCCOc1ccc(P=C([O-])c2c(OC)cccc2OC)cc1. The van der Waals surface area contributed by atoms with Crippen molar-refractivity contribution in [1.29, 1.82) is 0 Å². The standard InChI is InChI=1S/C19H23O4P/c1-4-5-13-23-14-9-11-15(12-10-14)24-19(20)18-16(21-2)7-6-8-17(18)22-3/h6-12,20H,4-5,13H2,1-3H3/p-1. The van der Waals surface area contributed by atoms with Crippen LogP contribution < -0.4 is 24.6 Å². The van der Waals surface area contributed by atoms with Gasteiger partial charge in [0.2, 0.25) is 0 Å². The van der Waals surface area contributed by atoms with Crippen molar-refractivity contribution in [3.8, 4) is 17.2 Å². The molecule has 5 heteroatoms. The van der Waals surface area contributed by atoms with Crippen molar-refractivity contribution in [1.82, 2.24) is 0 Å². The predicted octanol–water partition coefficient (Wildman–Crippen LogP) is 2.99. The highest BCUT2D eigenvalue weighted by Gasteiger charge is 2.08. The van der Waals surface area contributed by atoms with E-state index in [1.807, 2.05) is 24.3 Å². The Balaban J connectivity index is 2.22. The van der Waals surface area contributed by atoms with Gasteiger partial charge in [-0.3, -0.25) is 0 Å². The molecule has 24 heavy (non-hydrogen) atoms. The van der Waals surface area contributed by atoms with Crippen molar-refractivity contribution < 1.29 is 19.3 Å². The summed E-state index contributed by atoms with van der Waals surface area (Å²) < 4.78 is 16.2. The van der Waals surface area contributed by atoms with Gasteiger partial charge in [-0.1, -0.05) is 33.1 Å². The lowest BCUT2D eigenvalue weighted by Crippen LogP contribution is -2.19. The van der Waals surface area contributed by atoms with E-state index in [1.54, 1.807) is 32.4 Å². The molecule has 0 aliphatic carbocycles. The summed E-state index contributed by atoms with van der Waals surface area (Å²) in [5, 5.41) is 13.6. The smallest absolute Gasteiger partial charge is 0.129 e. The van der Waals surface area contributed by atoms with Crippen molar-refractivity contribution in [3.63, 3.8) is 0 Å². The molecule has 0 spiro atoms. The zero-order chi connectivity index (χ0) is 17.4. The van der Waals surface area contributed by atoms with Crippen LogP contribution in [0.15, 0.2) is 42.5 Å². The molecule has 0 bridgehead atoms. The number of benzene rings is 2. The lowest BCUT2D eigenvalue weighted by molar-refractivity contribution is -0.207. The summed E-state index contributed by atoms with van der Waals surface area (Å²) in [4.78, 5) is 0. The van der Waals surface area contributed by atoms with Crippen LogP contribution in [0.1, 0.15) is 25.3 Å². The predicted molar refractivity (Wildman–Crippen MR) is 97.1 cm³/mol. The molecule has 0 saturated heterocycles. The minimum absolute atomic E-state index is 0.0658. The van der Waals surface area contributed by atoms with Crippen molar-refractivity contribution in [3.05, 3.63) is 48.0 Å². The van der Waals surface area contributed by atoms with Gasteiger partial charge < -0.3 is 19.3 Å². The van der Waals surface area contributed by atoms with Gasteiger partial charge in [0, 0.05) is 10.9 Å². The van der Waals surface area contributed by atoms with Gasteiger partial charge in [0.05, 0.1) is 20.8 Å². The summed E-state index contributed by atoms with van der Waals surface area (Å²) in [5.74, 6) is 1.86. The Morgan fingerprint density at radius 1 is 1.00 bits per heavy atom. The van der Waals surface area contributed by atoms with E-state index in [0.29, 0.717) is 31.9 Å². The number of hydrogen-bond acceptors (Lipinski definition) is 4. The lowest BCUT2D eigenvalue weighted by atomic mass is 10.2. The van der Waals surface area contributed by atoms with Gasteiger partial charge in [0.15, 0.2) is 0 Å². The Hall–Kier alpha value is -2.03. The average Bonchev–Trinajstić information content (AvgIpc) is 2.62. The number of rotatable bonds is 8. The molecule has 4 nitrogen and oxygen atoms in total. The fourth-order valence-electron chi connectivity index (χ4n) is 2.19. The van der Waals surface area contributed by atoms with Gasteiger partial charge in [0.1, 0.15) is 17.2 Å². The van der Waals surface area contributed by atoms with Crippen LogP contribution in [0.25, 0.3) is 0 Å². The van der Waals surface area contributed by atoms with Gasteiger partial charge in [-0.25, -0.2) is 0 Å². The molecule has 0 saturated carbocycles.